The van der Waals surface area contributed by atoms with Crippen LogP contribution in [-0.4, -0.2) is 18.3 Å². The molecule has 0 aliphatic heterocycles. The number of carbonyl (C=O) groups excluding carboxylic acids is 1. The molecule has 0 atom stereocenters. The van der Waals surface area contributed by atoms with Gasteiger partial charge in [-0.3, -0.25) is 4.79 Å². The summed E-state index contributed by atoms with van der Waals surface area (Å²) in [7, 11) is -0.00627. The lowest BCUT2D eigenvalue weighted by Gasteiger charge is -1.98. The Morgan fingerprint density at radius 2 is 1.68 bits per heavy atom. The second kappa shape index (κ2) is 6.16. The van der Waals surface area contributed by atoms with Crippen LogP contribution in [0.25, 0.3) is 6.08 Å². The van der Waals surface area contributed by atoms with Gasteiger partial charge in [0.05, 0.1) is 0 Å². The third-order valence-corrected chi connectivity index (χ3v) is 2.93. The molecule has 1 N–H and O–H groups in total. The van der Waals surface area contributed by atoms with Crippen molar-refractivity contribution in [1.29, 1.82) is 0 Å². The molecule has 0 saturated heterocycles. The molecule has 0 aliphatic carbocycles. The first-order valence-electron chi connectivity index (χ1n) is 6.18. The third kappa shape index (κ3) is 3.67. The number of carbonyl (C=O) groups is 1. The predicted molar refractivity (Wildman–Crippen MR) is 80.0 cm³/mol. The van der Waals surface area contributed by atoms with Gasteiger partial charge in [-0.05, 0) is 18.6 Å². The van der Waals surface area contributed by atoms with Crippen LogP contribution < -0.4 is 5.46 Å². The molecule has 19 heavy (non-hydrogen) atoms. The number of hydrogen-bond donors (Lipinski definition) is 1. The molecule has 0 saturated carbocycles. The van der Waals surface area contributed by atoms with E-state index in [1.807, 2.05) is 37.3 Å². The molecule has 0 fully saturated rings. The normalized spacial score (nSPS) is 10.6. The van der Waals surface area contributed by atoms with Crippen molar-refractivity contribution in [2.45, 2.75) is 6.92 Å². The molecular formula is C16H15BO2. The van der Waals surface area contributed by atoms with Crippen LogP contribution in [0.15, 0.2) is 54.6 Å². The Morgan fingerprint density at radius 1 is 1.05 bits per heavy atom. The average Bonchev–Trinajstić information content (AvgIpc) is 2.46. The van der Waals surface area contributed by atoms with Crippen LogP contribution in [0.3, 0.4) is 0 Å². The molecule has 94 valence electrons. The van der Waals surface area contributed by atoms with Crippen molar-refractivity contribution in [3.05, 3.63) is 71.3 Å². The number of hydrogen-bond acceptors (Lipinski definition) is 2. The summed E-state index contributed by atoms with van der Waals surface area (Å²) in [5.74, 6) is -0.0370. The summed E-state index contributed by atoms with van der Waals surface area (Å²) in [4.78, 5) is 11.9. The first-order valence-corrected chi connectivity index (χ1v) is 6.18. The number of aryl methyl sites for hydroxylation is 1. The highest BCUT2D eigenvalue weighted by molar-refractivity contribution is 6.45. The van der Waals surface area contributed by atoms with Gasteiger partial charge in [0, 0.05) is 5.56 Å². The van der Waals surface area contributed by atoms with E-state index in [0.717, 1.165) is 11.0 Å². The number of ketones is 1. The van der Waals surface area contributed by atoms with Crippen molar-refractivity contribution in [3.63, 3.8) is 0 Å². The molecule has 3 heteroatoms. The minimum absolute atomic E-state index is 0.00627. The van der Waals surface area contributed by atoms with Gasteiger partial charge >= 0.3 is 7.48 Å². The van der Waals surface area contributed by atoms with E-state index in [2.05, 4.69) is 0 Å². The third-order valence-electron chi connectivity index (χ3n) is 2.93. The fourth-order valence-electron chi connectivity index (χ4n) is 1.72. The van der Waals surface area contributed by atoms with Crippen molar-refractivity contribution in [2.24, 2.45) is 0 Å². The van der Waals surface area contributed by atoms with Crippen molar-refractivity contribution in [1.82, 2.24) is 0 Å². The lowest BCUT2D eigenvalue weighted by molar-refractivity contribution is 0.104. The molecule has 2 rings (SSSR count). The Morgan fingerprint density at radius 3 is 2.26 bits per heavy atom. The van der Waals surface area contributed by atoms with Crippen LogP contribution in [0.1, 0.15) is 21.5 Å². The van der Waals surface area contributed by atoms with Gasteiger partial charge in [0.2, 0.25) is 0 Å². The van der Waals surface area contributed by atoms with E-state index in [1.165, 1.54) is 5.56 Å². The molecule has 2 aromatic carbocycles. The SMILES string of the molecule is Cc1ccc(/C=C/C(=O)c2ccc(BO)cc2)cc1. The summed E-state index contributed by atoms with van der Waals surface area (Å²) in [6.07, 6.45) is 3.38. The summed E-state index contributed by atoms with van der Waals surface area (Å²) in [6, 6.07) is 15.0. The Kier molecular flexibility index (Phi) is 4.32. The quantitative estimate of drug-likeness (QED) is 0.511. The van der Waals surface area contributed by atoms with E-state index in [4.69, 9.17) is 5.02 Å². The Labute approximate surface area is 113 Å². The van der Waals surface area contributed by atoms with Gasteiger partial charge in [0.1, 0.15) is 0 Å². The highest BCUT2D eigenvalue weighted by Gasteiger charge is 2.01. The van der Waals surface area contributed by atoms with Gasteiger partial charge in [0.15, 0.2) is 5.78 Å². The zero-order chi connectivity index (χ0) is 13.7. The summed E-state index contributed by atoms with van der Waals surface area (Å²) >= 11 is 0. The van der Waals surface area contributed by atoms with E-state index < -0.39 is 0 Å². The first kappa shape index (κ1) is 13.3. The summed E-state index contributed by atoms with van der Waals surface area (Å²) in [5, 5.41) is 8.94. The highest BCUT2D eigenvalue weighted by Crippen LogP contribution is 2.07. The van der Waals surface area contributed by atoms with E-state index >= 15 is 0 Å². The van der Waals surface area contributed by atoms with E-state index in [0.29, 0.717) is 5.56 Å². The molecule has 0 bridgehead atoms. The van der Waals surface area contributed by atoms with Gasteiger partial charge < -0.3 is 5.02 Å². The number of rotatable bonds is 4. The van der Waals surface area contributed by atoms with Crippen molar-refractivity contribution in [2.75, 3.05) is 0 Å². The molecule has 0 heterocycles. The Bertz CT molecular complexity index is 583. The van der Waals surface area contributed by atoms with E-state index in [1.54, 1.807) is 30.3 Å². The standard InChI is InChI=1S/C16H15BO2/c1-12-2-4-13(5-3-12)6-11-16(18)14-7-9-15(17-19)10-8-14/h2-11,17,19H,1H3/b11-6+. The van der Waals surface area contributed by atoms with Gasteiger partial charge in [0.25, 0.3) is 0 Å². The van der Waals surface area contributed by atoms with Crippen LogP contribution in [0.2, 0.25) is 0 Å². The predicted octanol–water partition coefficient (Wildman–Crippen LogP) is 1.86. The molecule has 2 nitrogen and oxygen atoms in total. The van der Waals surface area contributed by atoms with Crippen LogP contribution >= 0.6 is 0 Å². The fraction of sp³-hybridized carbons (Fsp3) is 0.0625. The van der Waals surface area contributed by atoms with Gasteiger partial charge in [-0.15, -0.1) is 0 Å². The summed E-state index contributed by atoms with van der Waals surface area (Å²) < 4.78 is 0. The monoisotopic (exact) mass is 250 g/mol. The lowest BCUT2D eigenvalue weighted by atomic mass is 9.88. The maximum Gasteiger partial charge on any atom is 0.304 e. The molecule has 0 aliphatic rings. The number of benzene rings is 2. The van der Waals surface area contributed by atoms with E-state index in [9.17, 15) is 4.79 Å². The van der Waals surface area contributed by atoms with Crippen molar-refractivity contribution >= 4 is 24.8 Å². The second-order valence-electron chi connectivity index (χ2n) is 4.46. The molecule has 0 spiro atoms. The molecule has 2 aromatic rings. The smallest absolute Gasteiger partial charge is 0.304 e. The maximum atomic E-state index is 11.9. The van der Waals surface area contributed by atoms with Crippen LogP contribution in [0.4, 0.5) is 0 Å². The second-order valence-corrected chi connectivity index (χ2v) is 4.46. The Hall–Kier alpha value is -2.13. The van der Waals surface area contributed by atoms with E-state index in [-0.39, 0.29) is 13.3 Å². The van der Waals surface area contributed by atoms with Gasteiger partial charge in [-0.2, -0.15) is 0 Å². The van der Waals surface area contributed by atoms with Crippen LogP contribution in [-0.2, 0) is 0 Å². The van der Waals surface area contributed by atoms with Crippen LogP contribution in [0, 0.1) is 6.92 Å². The maximum absolute atomic E-state index is 11.9. The van der Waals surface area contributed by atoms with Gasteiger partial charge in [-0.25, -0.2) is 0 Å². The number of allylic oxidation sites excluding steroid dienone is 1. The van der Waals surface area contributed by atoms with Gasteiger partial charge in [-0.1, -0.05) is 65.6 Å². The fourth-order valence-corrected chi connectivity index (χ4v) is 1.72. The molecule has 0 amide bonds. The topological polar surface area (TPSA) is 37.3 Å². The molecule has 0 unspecified atom stereocenters. The van der Waals surface area contributed by atoms with Crippen molar-refractivity contribution < 1.29 is 9.82 Å². The average molecular weight is 250 g/mol. The molecule has 0 aromatic heterocycles. The first-order chi connectivity index (χ1) is 9.19. The minimum atomic E-state index is -0.0370. The largest absolute Gasteiger partial charge is 0.449 e. The Balaban J connectivity index is 2.09. The molecule has 0 radical (unpaired) electrons. The zero-order valence-electron chi connectivity index (χ0n) is 10.8. The zero-order valence-corrected chi connectivity index (χ0v) is 10.8. The minimum Gasteiger partial charge on any atom is -0.449 e. The summed E-state index contributed by atoms with van der Waals surface area (Å²) in [6.45, 7) is 2.03. The summed E-state index contributed by atoms with van der Waals surface area (Å²) in [5.41, 5.74) is 3.63. The van der Waals surface area contributed by atoms with Crippen LogP contribution in [0.5, 0.6) is 0 Å². The highest BCUT2D eigenvalue weighted by atomic mass is 16.2. The molecular weight excluding hydrogens is 235 g/mol. The van der Waals surface area contributed by atoms with Crippen molar-refractivity contribution in [3.8, 4) is 0 Å². The lowest BCUT2D eigenvalue weighted by Crippen LogP contribution is -2.13.